The summed E-state index contributed by atoms with van der Waals surface area (Å²) < 4.78 is 5.26. The van der Waals surface area contributed by atoms with E-state index >= 15 is 0 Å². The smallest absolute Gasteiger partial charge is 0.0635 e. The Hall–Kier alpha value is -0.590. The fourth-order valence-electron chi connectivity index (χ4n) is 1.53. The van der Waals surface area contributed by atoms with Crippen LogP contribution in [0.15, 0.2) is 0 Å². The second kappa shape index (κ2) is 5.13. The fourth-order valence-corrected chi connectivity index (χ4v) is 1.53. The maximum atomic E-state index is 8.41. The highest BCUT2D eigenvalue weighted by Crippen LogP contribution is 2.12. The highest BCUT2D eigenvalue weighted by molar-refractivity contribution is 4.76. The van der Waals surface area contributed by atoms with Gasteiger partial charge in [0.1, 0.15) is 0 Å². The molecule has 0 spiro atoms. The SMILES string of the molecule is CN(CCC#N)C1CCOCC1. The van der Waals surface area contributed by atoms with Crippen LogP contribution in [0.3, 0.4) is 0 Å². The largest absolute Gasteiger partial charge is 0.381 e. The third kappa shape index (κ3) is 2.80. The quantitative estimate of drug-likeness (QED) is 0.631. The van der Waals surface area contributed by atoms with Crippen LogP contribution in [0.25, 0.3) is 0 Å². The van der Waals surface area contributed by atoms with Crippen LogP contribution in [0, 0.1) is 11.3 Å². The monoisotopic (exact) mass is 168 g/mol. The molecular formula is C9H16N2O. The summed E-state index contributed by atoms with van der Waals surface area (Å²) in [5.41, 5.74) is 0. The number of hydrogen-bond donors (Lipinski definition) is 0. The van der Waals surface area contributed by atoms with Gasteiger partial charge in [-0.1, -0.05) is 0 Å². The summed E-state index contributed by atoms with van der Waals surface area (Å²) in [7, 11) is 2.09. The van der Waals surface area contributed by atoms with Crippen LogP contribution in [-0.2, 0) is 4.74 Å². The van der Waals surface area contributed by atoms with E-state index in [2.05, 4.69) is 18.0 Å². The van der Waals surface area contributed by atoms with Gasteiger partial charge in [0.05, 0.1) is 6.07 Å². The lowest BCUT2D eigenvalue weighted by Gasteiger charge is -2.30. The van der Waals surface area contributed by atoms with Gasteiger partial charge in [-0.25, -0.2) is 0 Å². The third-order valence-corrected chi connectivity index (χ3v) is 2.39. The first kappa shape index (κ1) is 9.50. The van der Waals surface area contributed by atoms with Gasteiger partial charge in [0, 0.05) is 32.2 Å². The first-order chi connectivity index (χ1) is 5.84. The van der Waals surface area contributed by atoms with E-state index in [-0.39, 0.29) is 0 Å². The van der Waals surface area contributed by atoms with Crippen LogP contribution in [0.5, 0.6) is 0 Å². The predicted molar refractivity (Wildman–Crippen MR) is 46.7 cm³/mol. The molecule has 0 saturated carbocycles. The highest BCUT2D eigenvalue weighted by Gasteiger charge is 2.17. The van der Waals surface area contributed by atoms with Crippen molar-refractivity contribution in [2.75, 3.05) is 26.8 Å². The Labute approximate surface area is 73.9 Å². The van der Waals surface area contributed by atoms with E-state index in [0.717, 1.165) is 32.6 Å². The zero-order valence-corrected chi connectivity index (χ0v) is 7.62. The van der Waals surface area contributed by atoms with Gasteiger partial charge >= 0.3 is 0 Å². The van der Waals surface area contributed by atoms with Crippen LogP contribution < -0.4 is 0 Å². The van der Waals surface area contributed by atoms with Gasteiger partial charge in [0.15, 0.2) is 0 Å². The molecule has 0 unspecified atom stereocenters. The maximum absolute atomic E-state index is 8.41. The Bertz CT molecular complexity index is 158. The summed E-state index contributed by atoms with van der Waals surface area (Å²) in [6.45, 7) is 2.64. The van der Waals surface area contributed by atoms with E-state index in [0.29, 0.717) is 12.5 Å². The molecule has 3 heteroatoms. The van der Waals surface area contributed by atoms with Crippen LogP contribution in [0.2, 0.25) is 0 Å². The molecule has 3 nitrogen and oxygen atoms in total. The van der Waals surface area contributed by atoms with Crippen LogP contribution >= 0.6 is 0 Å². The van der Waals surface area contributed by atoms with Gasteiger partial charge in [-0.2, -0.15) is 5.26 Å². The minimum atomic E-state index is 0.632. The molecule has 1 heterocycles. The normalized spacial score (nSPS) is 19.4. The van der Waals surface area contributed by atoms with Gasteiger partial charge < -0.3 is 9.64 Å². The van der Waals surface area contributed by atoms with Crippen LogP contribution in [-0.4, -0.2) is 37.7 Å². The van der Waals surface area contributed by atoms with Gasteiger partial charge in [-0.3, -0.25) is 0 Å². The molecule has 0 aromatic heterocycles. The molecule has 1 rings (SSSR count). The van der Waals surface area contributed by atoms with Crippen molar-refractivity contribution in [2.24, 2.45) is 0 Å². The number of nitriles is 1. The van der Waals surface area contributed by atoms with Crippen molar-refractivity contribution in [3.8, 4) is 6.07 Å². The van der Waals surface area contributed by atoms with Crippen molar-refractivity contribution in [3.63, 3.8) is 0 Å². The first-order valence-corrected chi connectivity index (χ1v) is 4.49. The molecule has 0 bridgehead atoms. The zero-order chi connectivity index (χ0) is 8.81. The summed E-state index contributed by atoms with van der Waals surface area (Å²) >= 11 is 0. The fraction of sp³-hybridized carbons (Fsp3) is 0.889. The molecule has 0 aromatic rings. The number of ether oxygens (including phenoxy) is 1. The van der Waals surface area contributed by atoms with Crippen molar-refractivity contribution in [2.45, 2.75) is 25.3 Å². The molecule has 12 heavy (non-hydrogen) atoms. The molecule has 0 atom stereocenters. The summed E-state index contributed by atoms with van der Waals surface area (Å²) in [5.74, 6) is 0. The number of rotatable bonds is 3. The molecule has 0 radical (unpaired) electrons. The van der Waals surface area contributed by atoms with Crippen molar-refractivity contribution >= 4 is 0 Å². The minimum absolute atomic E-state index is 0.632. The molecule has 0 aromatic carbocycles. The summed E-state index contributed by atoms with van der Waals surface area (Å²) in [6.07, 6.45) is 2.86. The Morgan fingerprint density at radius 2 is 2.17 bits per heavy atom. The van der Waals surface area contributed by atoms with Crippen LogP contribution in [0.4, 0.5) is 0 Å². The summed E-state index contributed by atoms with van der Waals surface area (Å²) in [5, 5.41) is 8.41. The van der Waals surface area contributed by atoms with E-state index in [9.17, 15) is 0 Å². The molecule has 0 aliphatic carbocycles. The van der Waals surface area contributed by atoms with Crippen LogP contribution in [0.1, 0.15) is 19.3 Å². The van der Waals surface area contributed by atoms with Crippen molar-refractivity contribution in [3.05, 3.63) is 0 Å². The van der Waals surface area contributed by atoms with E-state index in [4.69, 9.17) is 10.00 Å². The standard InChI is InChI=1S/C9H16N2O/c1-11(6-2-5-10)9-3-7-12-8-4-9/h9H,2-4,6-8H2,1H3. The molecule has 0 amide bonds. The lowest BCUT2D eigenvalue weighted by Crippen LogP contribution is -2.37. The van der Waals surface area contributed by atoms with E-state index in [1.165, 1.54) is 0 Å². The highest BCUT2D eigenvalue weighted by atomic mass is 16.5. The molecule has 1 fully saturated rings. The van der Waals surface area contributed by atoms with E-state index < -0.39 is 0 Å². The second-order valence-electron chi connectivity index (χ2n) is 3.23. The van der Waals surface area contributed by atoms with Gasteiger partial charge in [-0.05, 0) is 19.9 Å². The van der Waals surface area contributed by atoms with Crippen molar-refractivity contribution in [1.82, 2.24) is 4.90 Å². The van der Waals surface area contributed by atoms with Crippen molar-refractivity contribution < 1.29 is 4.74 Å². The lowest BCUT2D eigenvalue weighted by molar-refractivity contribution is 0.0437. The Morgan fingerprint density at radius 1 is 1.50 bits per heavy atom. The molecule has 68 valence electrons. The molecule has 0 N–H and O–H groups in total. The molecule has 1 saturated heterocycles. The topological polar surface area (TPSA) is 36.3 Å². The number of nitrogens with zero attached hydrogens (tertiary/aromatic N) is 2. The Kier molecular flexibility index (Phi) is 4.06. The molecule has 1 aliphatic rings. The first-order valence-electron chi connectivity index (χ1n) is 4.49. The summed E-state index contributed by atoms with van der Waals surface area (Å²) in [4.78, 5) is 2.27. The van der Waals surface area contributed by atoms with E-state index in [1.54, 1.807) is 0 Å². The lowest BCUT2D eigenvalue weighted by atomic mass is 10.1. The van der Waals surface area contributed by atoms with Crippen molar-refractivity contribution in [1.29, 1.82) is 5.26 Å². The Morgan fingerprint density at radius 3 is 2.75 bits per heavy atom. The second-order valence-corrected chi connectivity index (χ2v) is 3.23. The zero-order valence-electron chi connectivity index (χ0n) is 7.62. The molecular weight excluding hydrogens is 152 g/mol. The average Bonchev–Trinajstić information content (AvgIpc) is 2.15. The maximum Gasteiger partial charge on any atom is 0.0635 e. The Balaban J connectivity index is 2.21. The van der Waals surface area contributed by atoms with Gasteiger partial charge in [-0.15, -0.1) is 0 Å². The summed E-state index contributed by atoms with van der Waals surface area (Å²) in [6, 6.07) is 2.80. The third-order valence-electron chi connectivity index (χ3n) is 2.39. The minimum Gasteiger partial charge on any atom is -0.381 e. The average molecular weight is 168 g/mol. The predicted octanol–water partition coefficient (Wildman–Crippen LogP) is 1.01. The van der Waals surface area contributed by atoms with Gasteiger partial charge in [0.25, 0.3) is 0 Å². The molecule has 1 aliphatic heterocycles. The van der Waals surface area contributed by atoms with E-state index in [1.807, 2.05) is 0 Å². The van der Waals surface area contributed by atoms with Gasteiger partial charge in [0.2, 0.25) is 0 Å². The number of hydrogen-bond acceptors (Lipinski definition) is 3.